The molecule has 0 aromatic heterocycles. The SMILES string of the molecule is CCC[C@H](NC(=O)c1ccccc1N)C(C)=O. The monoisotopic (exact) mass is 234 g/mol. The highest BCUT2D eigenvalue weighted by Crippen LogP contribution is 2.11. The van der Waals surface area contributed by atoms with Crippen LogP contribution in [0.2, 0.25) is 0 Å². The Hall–Kier alpha value is -1.84. The first-order valence-corrected chi connectivity index (χ1v) is 5.72. The first-order valence-electron chi connectivity index (χ1n) is 5.72. The molecule has 4 heteroatoms. The van der Waals surface area contributed by atoms with Crippen LogP contribution in [-0.4, -0.2) is 17.7 Å². The lowest BCUT2D eigenvalue weighted by Gasteiger charge is -2.15. The van der Waals surface area contributed by atoms with Crippen LogP contribution in [0.4, 0.5) is 5.69 Å². The van der Waals surface area contributed by atoms with Crippen LogP contribution in [0.1, 0.15) is 37.0 Å². The Morgan fingerprint density at radius 3 is 2.53 bits per heavy atom. The summed E-state index contributed by atoms with van der Waals surface area (Å²) in [5.41, 5.74) is 6.53. The van der Waals surface area contributed by atoms with E-state index < -0.39 is 6.04 Å². The number of hydrogen-bond acceptors (Lipinski definition) is 3. The molecule has 92 valence electrons. The number of rotatable bonds is 5. The second-order valence-electron chi connectivity index (χ2n) is 4.01. The number of carbonyl (C=O) groups excluding carboxylic acids is 2. The fraction of sp³-hybridized carbons (Fsp3) is 0.385. The zero-order valence-corrected chi connectivity index (χ0v) is 10.2. The number of anilines is 1. The summed E-state index contributed by atoms with van der Waals surface area (Å²) in [7, 11) is 0. The van der Waals surface area contributed by atoms with Gasteiger partial charge in [-0.15, -0.1) is 0 Å². The molecular weight excluding hydrogens is 216 g/mol. The number of hydrogen-bond donors (Lipinski definition) is 2. The third-order valence-corrected chi connectivity index (χ3v) is 2.58. The summed E-state index contributed by atoms with van der Waals surface area (Å²) in [6.07, 6.45) is 1.49. The van der Waals surface area contributed by atoms with Gasteiger partial charge in [-0.3, -0.25) is 9.59 Å². The number of amides is 1. The number of Topliss-reactive ketones (excluding diaryl/α,β-unsaturated/α-hetero) is 1. The molecule has 0 heterocycles. The van der Waals surface area contributed by atoms with Gasteiger partial charge in [0.15, 0.2) is 5.78 Å². The molecule has 1 aromatic carbocycles. The third-order valence-electron chi connectivity index (χ3n) is 2.58. The van der Waals surface area contributed by atoms with E-state index in [1.165, 1.54) is 6.92 Å². The number of nitrogens with two attached hydrogens (primary N) is 1. The van der Waals surface area contributed by atoms with Gasteiger partial charge in [0, 0.05) is 5.69 Å². The summed E-state index contributed by atoms with van der Waals surface area (Å²) in [6.45, 7) is 3.45. The smallest absolute Gasteiger partial charge is 0.253 e. The average molecular weight is 234 g/mol. The fourth-order valence-corrected chi connectivity index (χ4v) is 1.61. The van der Waals surface area contributed by atoms with E-state index in [0.717, 1.165) is 6.42 Å². The molecule has 0 fully saturated rings. The van der Waals surface area contributed by atoms with Gasteiger partial charge in [0.25, 0.3) is 5.91 Å². The van der Waals surface area contributed by atoms with Crippen molar-refractivity contribution in [2.75, 3.05) is 5.73 Å². The quantitative estimate of drug-likeness (QED) is 0.762. The summed E-state index contributed by atoms with van der Waals surface area (Å²) >= 11 is 0. The summed E-state index contributed by atoms with van der Waals surface area (Å²) in [4.78, 5) is 23.3. The largest absolute Gasteiger partial charge is 0.398 e. The summed E-state index contributed by atoms with van der Waals surface area (Å²) < 4.78 is 0. The van der Waals surface area contributed by atoms with Crippen LogP contribution < -0.4 is 11.1 Å². The molecule has 0 bridgehead atoms. The van der Waals surface area contributed by atoms with Crippen LogP contribution in [0.25, 0.3) is 0 Å². The summed E-state index contributed by atoms with van der Waals surface area (Å²) in [5.74, 6) is -0.327. The van der Waals surface area contributed by atoms with E-state index in [2.05, 4.69) is 5.32 Å². The van der Waals surface area contributed by atoms with Gasteiger partial charge in [0.05, 0.1) is 11.6 Å². The zero-order chi connectivity index (χ0) is 12.8. The van der Waals surface area contributed by atoms with E-state index in [4.69, 9.17) is 5.73 Å². The third kappa shape index (κ3) is 3.59. The first-order chi connectivity index (χ1) is 8.06. The number of nitrogens with one attached hydrogen (secondary N) is 1. The predicted octanol–water partition coefficient (Wildman–Crippen LogP) is 1.76. The lowest BCUT2D eigenvalue weighted by Crippen LogP contribution is -2.39. The van der Waals surface area contributed by atoms with Crippen LogP contribution in [0, 0.1) is 0 Å². The molecule has 0 aliphatic carbocycles. The number of ketones is 1. The molecule has 4 nitrogen and oxygen atoms in total. The number of para-hydroxylation sites is 1. The van der Waals surface area contributed by atoms with Crippen molar-refractivity contribution in [3.63, 3.8) is 0 Å². The lowest BCUT2D eigenvalue weighted by molar-refractivity contribution is -0.118. The molecule has 1 rings (SSSR count). The molecule has 0 radical (unpaired) electrons. The Kier molecular flexibility index (Phi) is 4.69. The fourth-order valence-electron chi connectivity index (χ4n) is 1.61. The van der Waals surface area contributed by atoms with Gasteiger partial charge in [0.1, 0.15) is 0 Å². The Bertz CT molecular complexity index is 416. The van der Waals surface area contributed by atoms with Crippen molar-refractivity contribution < 1.29 is 9.59 Å². The van der Waals surface area contributed by atoms with E-state index in [1.807, 2.05) is 6.92 Å². The molecule has 1 atom stereocenters. The van der Waals surface area contributed by atoms with Gasteiger partial charge in [-0.2, -0.15) is 0 Å². The standard InChI is InChI=1S/C13H18N2O2/c1-3-6-12(9(2)16)15-13(17)10-7-4-5-8-11(10)14/h4-5,7-8,12H,3,6,14H2,1-2H3,(H,15,17)/t12-/m0/s1. The maximum atomic E-state index is 11.9. The van der Waals surface area contributed by atoms with E-state index in [-0.39, 0.29) is 11.7 Å². The van der Waals surface area contributed by atoms with Crippen LogP contribution in [0.3, 0.4) is 0 Å². The molecule has 1 amide bonds. The molecule has 3 N–H and O–H groups in total. The van der Waals surface area contributed by atoms with Crippen molar-refractivity contribution in [2.24, 2.45) is 0 Å². The lowest BCUT2D eigenvalue weighted by atomic mass is 10.1. The normalized spacial score (nSPS) is 11.9. The van der Waals surface area contributed by atoms with Crippen LogP contribution in [0.15, 0.2) is 24.3 Å². The van der Waals surface area contributed by atoms with Gasteiger partial charge in [-0.05, 0) is 25.5 Å². The van der Waals surface area contributed by atoms with Crippen molar-refractivity contribution in [1.29, 1.82) is 0 Å². The number of nitrogen functional groups attached to an aromatic ring is 1. The van der Waals surface area contributed by atoms with Gasteiger partial charge in [-0.1, -0.05) is 25.5 Å². The van der Waals surface area contributed by atoms with E-state index in [1.54, 1.807) is 24.3 Å². The van der Waals surface area contributed by atoms with Crippen LogP contribution in [0.5, 0.6) is 0 Å². The Labute approximate surface area is 101 Å². The van der Waals surface area contributed by atoms with Crippen LogP contribution in [-0.2, 0) is 4.79 Å². The maximum absolute atomic E-state index is 11.9. The minimum atomic E-state index is -0.424. The number of benzene rings is 1. The average Bonchev–Trinajstić information content (AvgIpc) is 2.28. The van der Waals surface area contributed by atoms with Gasteiger partial charge >= 0.3 is 0 Å². The van der Waals surface area contributed by atoms with Crippen molar-refractivity contribution >= 4 is 17.4 Å². The van der Waals surface area contributed by atoms with Gasteiger partial charge in [-0.25, -0.2) is 0 Å². The number of carbonyl (C=O) groups is 2. The minimum Gasteiger partial charge on any atom is -0.398 e. The van der Waals surface area contributed by atoms with E-state index in [9.17, 15) is 9.59 Å². The molecule has 0 unspecified atom stereocenters. The Morgan fingerprint density at radius 2 is 2.00 bits per heavy atom. The summed E-state index contributed by atoms with van der Waals surface area (Å²) in [5, 5.41) is 2.71. The Balaban J connectivity index is 2.77. The molecule has 0 aliphatic rings. The van der Waals surface area contributed by atoms with Crippen molar-refractivity contribution in [1.82, 2.24) is 5.32 Å². The highest BCUT2D eigenvalue weighted by atomic mass is 16.2. The highest BCUT2D eigenvalue weighted by molar-refractivity contribution is 6.01. The zero-order valence-electron chi connectivity index (χ0n) is 10.2. The highest BCUT2D eigenvalue weighted by Gasteiger charge is 2.17. The Morgan fingerprint density at radius 1 is 1.35 bits per heavy atom. The molecule has 1 aromatic rings. The van der Waals surface area contributed by atoms with E-state index >= 15 is 0 Å². The second kappa shape index (κ2) is 6.03. The molecule has 0 aliphatic heterocycles. The first kappa shape index (κ1) is 13.2. The topological polar surface area (TPSA) is 72.2 Å². The molecule has 0 spiro atoms. The molecular formula is C13H18N2O2. The second-order valence-corrected chi connectivity index (χ2v) is 4.01. The van der Waals surface area contributed by atoms with Crippen molar-refractivity contribution in [2.45, 2.75) is 32.7 Å². The van der Waals surface area contributed by atoms with Gasteiger partial charge < -0.3 is 11.1 Å². The van der Waals surface area contributed by atoms with Crippen molar-refractivity contribution in [3.05, 3.63) is 29.8 Å². The van der Waals surface area contributed by atoms with Crippen LogP contribution >= 0.6 is 0 Å². The molecule has 0 saturated heterocycles. The summed E-state index contributed by atoms with van der Waals surface area (Å²) in [6, 6.07) is 6.40. The minimum absolute atomic E-state index is 0.0327. The predicted molar refractivity (Wildman–Crippen MR) is 67.7 cm³/mol. The van der Waals surface area contributed by atoms with E-state index in [0.29, 0.717) is 17.7 Å². The molecule has 0 saturated carbocycles. The maximum Gasteiger partial charge on any atom is 0.253 e. The van der Waals surface area contributed by atoms with Crippen molar-refractivity contribution in [3.8, 4) is 0 Å². The van der Waals surface area contributed by atoms with Gasteiger partial charge in [0.2, 0.25) is 0 Å². The molecule has 17 heavy (non-hydrogen) atoms.